The molecule has 0 aromatic carbocycles. The molecule has 6 nitrogen and oxygen atoms in total. The summed E-state index contributed by atoms with van der Waals surface area (Å²) >= 11 is 0. The lowest BCUT2D eigenvalue weighted by molar-refractivity contribution is -0.178. The van der Waals surface area contributed by atoms with Crippen LogP contribution in [0.4, 0.5) is 0 Å². The monoisotopic (exact) mass is 352 g/mol. The van der Waals surface area contributed by atoms with Crippen LogP contribution in [-0.4, -0.2) is 58.0 Å². The van der Waals surface area contributed by atoms with E-state index in [1.165, 1.54) is 5.56 Å². The largest absolute Gasteiger partial charge is 0.369 e. The number of aromatic nitrogens is 2. The predicted octanol–water partition coefficient (Wildman–Crippen LogP) is 2.04. The Morgan fingerprint density at radius 2 is 1.65 bits per heavy atom. The first-order valence-electron chi connectivity index (χ1n) is 9.14. The number of ether oxygens (including phenoxy) is 1. The second kappa shape index (κ2) is 7.51. The standard InChI is InChI=1S/C20H24N4O2/c1-26-19-18(16-4-10-22-11-5-16)24(20(19)25)17-6-12-23(13-7-17)14-15-2-8-21-9-3-15/h2-5,8-11,17-19H,6-7,12-14H2,1H3/t18-,19+/m0/s1. The molecule has 2 saturated heterocycles. The third-order valence-electron chi connectivity index (χ3n) is 5.49. The Morgan fingerprint density at radius 3 is 2.27 bits per heavy atom. The number of hydrogen-bond acceptors (Lipinski definition) is 5. The van der Waals surface area contributed by atoms with E-state index in [1.54, 1.807) is 19.5 Å². The molecule has 2 aliphatic heterocycles. The van der Waals surface area contributed by atoms with Crippen LogP contribution in [0.15, 0.2) is 49.1 Å². The minimum atomic E-state index is -0.368. The Morgan fingerprint density at radius 1 is 1.04 bits per heavy atom. The highest BCUT2D eigenvalue weighted by Crippen LogP contribution is 2.40. The molecule has 0 N–H and O–H groups in total. The fraction of sp³-hybridized carbons (Fsp3) is 0.450. The third kappa shape index (κ3) is 3.22. The number of rotatable bonds is 5. The van der Waals surface area contributed by atoms with Gasteiger partial charge in [-0.2, -0.15) is 0 Å². The van der Waals surface area contributed by atoms with E-state index >= 15 is 0 Å². The van der Waals surface area contributed by atoms with Gasteiger partial charge in [0.2, 0.25) is 0 Å². The van der Waals surface area contributed by atoms with Crippen molar-refractivity contribution in [1.82, 2.24) is 19.8 Å². The molecule has 6 heteroatoms. The molecule has 0 spiro atoms. The maximum absolute atomic E-state index is 12.6. The first-order chi connectivity index (χ1) is 12.8. The van der Waals surface area contributed by atoms with Crippen molar-refractivity contribution >= 4 is 5.91 Å². The van der Waals surface area contributed by atoms with Crippen molar-refractivity contribution in [1.29, 1.82) is 0 Å². The molecule has 2 atom stereocenters. The zero-order valence-corrected chi connectivity index (χ0v) is 15.0. The van der Waals surface area contributed by atoms with Crippen LogP contribution in [0.2, 0.25) is 0 Å². The number of β-lactam (4-membered cyclic amide) rings is 1. The summed E-state index contributed by atoms with van der Waals surface area (Å²) in [7, 11) is 1.62. The highest BCUT2D eigenvalue weighted by molar-refractivity contribution is 5.89. The number of methoxy groups -OCH3 is 1. The van der Waals surface area contributed by atoms with Gasteiger partial charge in [-0.25, -0.2) is 0 Å². The topological polar surface area (TPSA) is 58.6 Å². The Balaban J connectivity index is 1.41. The van der Waals surface area contributed by atoms with E-state index in [9.17, 15) is 4.79 Å². The maximum atomic E-state index is 12.6. The lowest BCUT2D eigenvalue weighted by atomic mass is 9.86. The van der Waals surface area contributed by atoms with Crippen molar-refractivity contribution in [2.75, 3.05) is 20.2 Å². The van der Waals surface area contributed by atoms with Crippen LogP contribution in [0.25, 0.3) is 0 Å². The van der Waals surface area contributed by atoms with Gasteiger partial charge < -0.3 is 9.64 Å². The number of amides is 1. The van der Waals surface area contributed by atoms with Gasteiger partial charge in [-0.1, -0.05) is 0 Å². The number of pyridine rings is 2. The van der Waals surface area contributed by atoms with Crippen molar-refractivity contribution in [2.24, 2.45) is 0 Å². The predicted molar refractivity (Wildman–Crippen MR) is 97.2 cm³/mol. The molecule has 0 unspecified atom stereocenters. The highest BCUT2D eigenvalue weighted by Gasteiger charge is 2.51. The van der Waals surface area contributed by atoms with Gasteiger partial charge in [0.1, 0.15) is 0 Å². The minimum absolute atomic E-state index is 0.00671. The van der Waals surface area contributed by atoms with Crippen LogP contribution in [0.5, 0.6) is 0 Å². The van der Waals surface area contributed by atoms with Gasteiger partial charge in [-0.15, -0.1) is 0 Å². The van der Waals surface area contributed by atoms with E-state index in [0.717, 1.165) is 38.0 Å². The van der Waals surface area contributed by atoms with E-state index in [0.29, 0.717) is 0 Å². The first kappa shape index (κ1) is 17.1. The summed E-state index contributed by atoms with van der Waals surface area (Å²) in [6, 6.07) is 8.37. The van der Waals surface area contributed by atoms with Gasteiger partial charge >= 0.3 is 0 Å². The molecular formula is C20H24N4O2. The van der Waals surface area contributed by atoms with Gasteiger partial charge in [0, 0.05) is 57.6 Å². The molecule has 2 aromatic rings. The lowest BCUT2D eigenvalue weighted by Crippen LogP contribution is -2.64. The van der Waals surface area contributed by atoms with Crippen molar-refractivity contribution in [2.45, 2.75) is 37.6 Å². The molecule has 0 radical (unpaired) electrons. The Hall–Kier alpha value is -2.31. The normalized spacial score (nSPS) is 24.5. The number of carbonyl (C=O) groups excluding carboxylic acids is 1. The van der Waals surface area contributed by atoms with Crippen LogP contribution in [0.1, 0.15) is 30.0 Å². The number of hydrogen-bond donors (Lipinski definition) is 0. The molecule has 136 valence electrons. The van der Waals surface area contributed by atoms with Crippen molar-refractivity contribution in [3.63, 3.8) is 0 Å². The van der Waals surface area contributed by atoms with Crippen LogP contribution < -0.4 is 0 Å². The zero-order chi connectivity index (χ0) is 17.9. The lowest BCUT2D eigenvalue weighted by Gasteiger charge is -2.52. The Bertz CT molecular complexity index is 732. The summed E-state index contributed by atoms with van der Waals surface area (Å²) in [4.78, 5) is 25.3. The van der Waals surface area contributed by atoms with Gasteiger partial charge in [-0.3, -0.25) is 19.7 Å². The molecule has 2 fully saturated rings. The van der Waals surface area contributed by atoms with Crippen LogP contribution in [0, 0.1) is 0 Å². The van der Waals surface area contributed by atoms with E-state index in [1.807, 2.05) is 29.4 Å². The van der Waals surface area contributed by atoms with Crippen molar-refractivity contribution in [3.05, 3.63) is 60.2 Å². The van der Waals surface area contributed by atoms with E-state index < -0.39 is 0 Å². The molecule has 2 aromatic heterocycles. The van der Waals surface area contributed by atoms with Crippen molar-refractivity contribution in [3.8, 4) is 0 Å². The first-order valence-corrected chi connectivity index (χ1v) is 9.14. The number of nitrogens with zero attached hydrogens (tertiary/aromatic N) is 4. The molecule has 0 bridgehead atoms. The maximum Gasteiger partial charge on any atom is 0.255 e. The quantitative estimate of drug-likeness (QED) is 0.771. The number of carbonyl (C=O) groups is 1. The summed E-state index contributed by atoms with van der Waals surface area (Å²) < 4.78 is 5.46. The molecule has 0 aliphatic carbocycles. The molecule has 0 saturated carbocycles. The second-order valence-corrected chi connectivity index (χ2v) is 6.99. The van der Waals surface area contributed by atoms with Crippen LogP contribution in [0.3, 0.4) is 0 Å². The SMILES string of the molecule is CO[C@H]1C(=O)N(C2CCN(Cc3ccncc3)CC2)[C@H]1c1ccncc1. The summed E-state index contributed by atoms with van der Waals surface area (Å²) in [5.74, 6) is 0.113. The van der Waals surface area contributed by atoms with Crippen molar-refractivity contribution < 1.29 is 9.53 Å². The number of piperidine rings is 1. The molecular weight excluding hydrogens is 328 g/mol. The summed E-state index contributed by atoms with van der Waals surface area (Å²) in [6.07, 6.45) is 8.85. The number of likely N-dealkylation sites (tertiary alicyclic amines) is 2. The minimum Gasteiger partial charge on any atom is -0.369 e. The fourth-order valence-corrected chi connectivity index (χ4v) is 4.12. The zero-order valence-electron chi connectivity index (χ0n) is 15.0. The molecule has 2 aliphatic rings. The van der Waals surface area contributed by atoms with E-state index in [2.05, 4.69) is 27.0 Å². The van der Waals surface area contributed by atoms with Crippen LogP contribution >= 0.6 is 0 Å². The second-order valence-electron chi connectivity index (χ2n) is 6.99. The highest BCUT2D eigenvalue weighted by atomic mass is 16.5. The van der Waals surface area contributed by atoms with Gasteiger partial charge in [0.25, 0.3) is 5.91 Å². The summed E-state index contributed by atoms with van der Waals surface area (Å²) in [6.45, 7) is 2.94. The van der Waals surface area contributed by atoms with E-state index in [-0.39, 0.29) is 24.1 Å². The fourth-order valence-electron chi connectivity index (χ4n) is 4.12. The van der Waals surface area contributed by atoms with E-state index in [4.69, 9.17) is 4.74 Å². The summed E-state index contributed by atoms with van der Waals surface area (Å²) in [5, 5.41) is 0. The molecule has 4 heterocycles. The smallest absolute Gasteiger partial charge is 0.255 e. The average Bonchev–Trinajstić information content (AvgIpc) is 2.69. The average molecular weight is 352 g/mol. The molecule has 1 amide bonds. The van der Waals surface area contributed by atoms with Gasteiger partial charge in [0.15, 0.2) is 6.10 Å². The summed E-state index contributed by atoms with van der Waals surface area (Å²) in [5.41, 5.74) is 2.39. The van der Waals surface area contributed by atoms with Gasteiger partial charge in [-0.05, 0) is 48.2 Å². The Labute approximate surface area is 153 Å². The van der Waals surface area contributed by atoms with Gasteiger partial charge in [0.05, 0.1) is 6.04 Å². The Kier molecular flexibility index (Phi) is 4.95. The molecule has 4 rings (SSSR count). The third-order valence-corrected chi connectivity index (χ3v) is 5.49. The molecule has 26 heavy (non-hydrogen) atoms. The van der Waals surface area contributed by atoms with Crippen LogP contribution in [-0.2, 0) is 16.1 Å².